The van der Waals surface area contributed by atoms with E-state index in [2.05, 4.69) is 0 Å². The molecule has 4 fully saturated rings. The monoisotopic (exact) mass is 338 g/mol. The normalized spacial score (nSPS) is 36.3. The summed E-state index contributed by atoms with van der Waals surface area (Å²) in [6, 6.07) is 2.39. The number of amides is 1. The molecule has 4 aliphatic rings. The standard InChI is InChI=1S/C16H16F2N2O4/c17-10-3-8(19-5-9(6-21)24-15(19)22)4-11(18)14(10)20-12-1-2-16(12)13(20)7-23-16/h3-4,9,12-13,21H,1-2,5-7H2/t9-,12?,13?,16?/m1/s1. The summed E-state index contributed by atoms with van der Waals surface area (Å²) in [5.41, 5.74) is -0.122. The first kappa shape index (κ1) is 14.4. The zero-order chi connectivity index (χ0) is 16.6. The van der Waals surface area contributed by atoms with Gasteiger partial charge in [0.05, 0.1) is 37.5 Å². The Labute approximate surface area is 136 Å². The SMILES string of the molecule is O=C1O[C@@H](CO)CN1c1cc(F)c(N2C3CCC34OCC24)c(F)c1. The lowest BCUT2D eigenvalue weighted by Crippen LogP contribution is -2.90. The number of carbonyl (C=O) groups excluding carboxylic acids is 1. The van der Waals surface area contributed by atoms with Crippen molar-refractivity contribution in [2.24, 2.45) is 0 Å². The molecule has 1 spiro atoms. The van der Waals surface area contributed by atoms with Crippen LogP contribution < -0.4 is 9.80 Å². The van der Waals surface area contributed by atoms with E-state index in [-0.39, 0.29) is 42.2 Å². The summed E-state index contributed by atoms with van der Waals surface area (Å²) in [6.45, 7) is 0.234. The minimum absolute atomic E-state index is 0.0429. The Kier molecular flexibility index (Phi) is 2.75. The van der Waals surface area contributed by atoms with Crippen molar-refractivity contribution < 1.29 is 28.2 Å². The zero-order valence-electron chi connectivity index (χ0n) is 12.7. The molecule has 1 saturated carbocycles. The van der Waals surface area contributed by atoms with Crippen LogP contribution in [0.5, 0.6) is 0 Å². The lowest BCUT2D eigenvalue weighted by atomic mass is 9.57. The summed E-state index contributed by atoms with van der Waals surface area (Å²) < 4.78 is 39.8. The van der Waals surface area contributed by atoms with Crippen LogP contribution in [0.3, 0.4) is 0 Å². The van der Waals surface area contributed by atoms with E-state index in [0.29, 0.717) is 6.61 Å². The number of ether oxygens (including phenoxy) is 2. The number of anilines is 2. The second-order valence-electron chi connectivity index (χ2n) is 6.80. The van der Waals surface area contributed by atoms with Crippen LogP contribution in [0.25, 0.3) is 0 Å². The van der Waals surface area contributed by atoms with Gasteiger partial charge in [-0.1, -0.05) is 0 Å². The average molecular weight is 338 g/mol. The molecule has 1 amide bonds. The maximum atomic E-state index is 14.6. The molecule has 3 aliphatic heterocycles. The maximum absolute atomic E-state index is 14.6. The van der Waals surface area contributed by atoms with Crippen molar-refractivity contribution in [2.45, 2.75) is 36.6 Å². The lowest BCUT2D eigenvalue weighted by molar-refractivity contribution is -0.276. The number of piperidine rings is 1. The van der Waals surface area contributed by atoms with Gasteiger partial charge >= 0.3 is 6.09 Å². The van der Waals surface area contributed by atoms with Gasteiger partial charge in [0.15, 0.2) is 11.6 Å². The summed E-state index contributed by atoms with van der Waals surface area (Å²) in [5, 5.41) is 9.06. The highest BCUT2D eigenvalue weighted by atomic mass is 19.1. The Morgan fingerprint density at radius 2 is 2.04 bits per heavy atom. The van der Waals surface area contributed by atoms with Gasteiger partial charge in [-0.2, -0.15) is 0 Å². The van der Waals surface area contributed by atoms with Crippen molar-refractivity contribution in [1.82, 2.24) is 0 Å². The molecule has 3 heterocycles. The summed E-state index contributed by atoms with van der Waals surface area (Å²) >= 11 is 0. The molecule has 6 nitrogen and oxygen atoms in total. The molecule has 1 aromatic rings. The molecule has 0 aromatic heterocycles. The van der Waals surface area contributed by atoms with E-state index in [1.807, 2.05) is 0 Å². The number of hydrogen-bond acceptors (Lipinski definition) is 5. The molecule has 1 aliphatic carbocycles. The number of cyclic esters (lactones) is 1. The van der Waals surface area contributed by atoms with Crippen LogP contribution >= 0.6 is 0 Å². The minimum atomic E-state index is -0.713. The number of carbonyl (C=O) groups is 1. The fourth-order valence-corrected chi connectivity index (χ4v) is 4.41. The van der Waals surface area contributed by atoms with Crippen molar-refractivity contribution >= 4 is 17.5 Å². The molecular weight excluding hydrogens is 322 g/mol. The van der Waals surface area contributed by atoms with Crippen molar-refractivity contribution in [3.8, 4) is 0 Å². The van der Waals surface area contributed by atoms with Gasteiger partial charge < -0.3 is 19.5 Å². The highest BCUT2D eigenvalue weighted by Gasteiger charge is 2.73. The van der Waals surface area contributed by atoms with Crippen molar-refractivity contribution in [1.29, 1.82) is 0 Å². The summed E-state index contributed by atoms with van der Waals surface area (Å²) in [7, 11) is 0. The molecule has 0 bridgehead atoms. The fourth-order valence-electron chi connectivity index (χ4n) is 4.41. The number of aliphatic hydroxyl groups excluding tert-OH is 1. The third-order valence-corrected chi connectivity index (χ3v) is 5.77. The Balaban J connectivity index is 1.46. The third kappa shape index (κ3) is 1.58. The number of morpholine rings is 1. The Bertz CT molecular complexity index is 702. The highest BCUT2D eigenvalue weighted by Crippen LogP contribution is 2.60. The maximum Gasteiger partial charge on any atom is 0.414 e. The van der Waals surface area contributed by atoms with Gasteiger partial charge in [0, 0.05) is 12.1 Å². The van der Waals surface area contributed by atoms with Crippen LogP contribution in [0.15, 0.2) is 12.1 Å². The van der Waals surface area contributed by atoms with E-state index in [1.165, 1.54) is 0 Å². The first-order chi connectivity index (χ1) is 11.5. The number of aliphatic hydroxyl groups is 1. The fraction of sp³-hybridized carbons (Fsp3) is 0.562. The van der Waals surface area contributed by atoms with Crippen molar-refractivity contribution in [2.75, 3.05) is 29.6 Å². The van der Waals surface area contributed by atoms with E-state index < -0.39 is 23.8 Å². The number of nitrogens with zero attached hydrogens (tertiary/aromatic N) is 2. The van der Waals surface area contributed by atoms with Gasteiger partial charge in [-0.05, 0) is 12.8 Å². The number of hydrogen-bond donors (Lipinski definition) is 1. The summed E-state index contributed by atoms with van der Waals surface area (Å²) in [5.74, 6) is -1.39. The Morgan fingerprint density at radius 1 is 1.29 bits per heavy atom. The van der Waals surface area contributed by atoms with Crippen molar-refractivity contribution in [3.05, 3.63) is 23.8 Å². The molecule has 3 unspecified atom stereocenters. The molecule has 3 saturated heterocycles. The topological polar surface area (TPSA) is 62.2 Å². The van der Waals surface area contributed by atoms with Gasteiger partial charge in [0.1, 0.15) is 17.4 Å². The van der Waals surface area contributed by atoms with Crippen LogP contribution in [0.4, 0.5) is 25.0 Å². The van der Waals surface area contributed by atoms with E-state index in [4.69, 9.17) is 14.6 Å². The Hall–Kier alpha value is -1.93. The average Bonchev–Trinajstić information content (AvgIpc) is 2.85. The predicted octanol–water partition coefficient (Wildman–Crippen LogP) is 1.40. The van der Waals surface area contributed by atoms with Gasteiger partial charge in [0.2, 0.25) is 0 Å². The van der Waals surface area contributed by atoms with Gasteiger partial charge in [-0.15, -0.1) is 0 Å². The van der Waals surface area contributed by atoms with Crippen LogP contribution in [-0.4, -0.2) is 54.7 Å². The first-order valence-corrected chi connectivity index (χ1v) is 8.05. The van der Waals surface area contributed by atoms with Crippen LogP contribution in [-0.2, 0) is 9.47 Å². The molecule has 5 rings (SSSR count). The second kappa shape index (κ2) is 4.58. The van der Waals surface area contributed by atoms with Gasteiger partial charge in [-0.3, -0.25) is 4.90 Å². The molecule has 128 valence electrons. The largest absolute Gasteiger partial charge is 0.441 e. The van der Waals surface area contributed by atoms with E-state index >= 15 is 0 Å². The smallest absolute Gasteiger partial charge is 0.414 e. The van der Waals surface area contributed by atoms with E-state index in [1.54, 1.807) is 4.90 Å². The molecule has 24 heavy (non-hydrogen) atoms. The molecular formula is C16H16F2N2O4. The first-order valence-electron chi connectivity index (χ1n) is 8.05. The lowest BCUT2D eigenvalue weighted by Gasteiger charge is -2.75. The zero-order valence-corrected chi connectivity index (χ0v) is 12.7. The third-order valence-electron chi connectivity index (χ3n) is 5.77. The molecule has 1 aromatic carbocycles. The molecule has 4 atom stereocenters. The van der Waals surface area contributed by atoms with Crippen LogP contribution in [0.1, 0.15) is 12.8 Å². The van der Waals surface area contributed by atoms with Gasteiger partial charge in [0.25, 0.3) is 0 Å². The van der Waals surface area contributed by atoms with E-state index in [9.17, 15) is 13.6 Å². The summed E-state index contributed by atoms with van der Waals surface area (Å²) in [4.78, 5) is 14.7. The highest BCUT2D eigenvalue weighted by molar-refractivity contribution is 5.90. The Morgan fingerprint density at radius 3 is 2.50 bits per heavy atom. The molecule has 0 radical (unpaired) electrons. The quantitative estimate of drug-likeness (QED) is 0.903. The predicted molar refractivity (Wildman–Crippen MR) is 79.0 cm³/mol. The van der Waals surface area contributed by atoms with Crippen LogP contribution in [0.2, 0.25) is 0 Å². The molecule has 8 heteroatoms. The minimum Gasteiger partial charge on any atom is -0.441 e. The second-order valence-corrected chi connectivity index (χ2v) is 6.80. The number of benzene rings is 1. The molecule has 1 N–H and O–H groups in total. The van der Waals surface area contributed by atoms with Crippen LogP contribution in [0, 0.1) is 11.6 Å². The van der Waals surface area contributed by atoms with E-state index in [0.717, 1.165) is 29.9 Å². The summed E-state index contributed by atoms with van der Waals surface area (Å²) in [6.07, 6.45) is 0.423. The van der Waals surface area contributed by atoms with Gasteiger partial charge in [-0.25, -0.2) is 13.6 Å². The van der Waals surface area contributed by atoms with Crippen molar-refractivity contribution in [3.63, 3.8) is 0 Å². The number of rotatable bonds is 3. The number of halogens is 2.